The molecule has 0 aliphatic heterocycles. The van der Waals surface area contributed by atoms with Crippen LogP contribution in [0.25, 0.3) is 0 Å². The van der Waals surface area contributed by atoms with Crippen LogP contribution in [0.1, 0.15) is 101 Å². The molecule has 3 N–H and O–H groups in total. The molecule has 0 amide bonds. The third kappa shape index (κ3) is 12.2. The molecule has 0 radical (unpaired) electrons. The second kappa shape index (κ2) is 17.2. The summed E-state index contributed by atoms with van der Waals surface area (Å²) in [4.78, 5) is 2.35. The quantitative estimate of drug-likeness (QED) is 0.139. The van der Waals surface area contributed by atoms with Crippen LogP contribution in [-0.4, -0.2) is 18.1 Å². The summed E-state index contributed by atoms with van der Waals surface area (Å²) < 4.78 is 0. The normalized spacial score (nSPS) is 13.7. The van der Waals surface area contributed by atoms with Crippen LogP contribution in [0, 0.1) is 17.8 Å². The predicted octanol–water partition coefficient (Wildman–Crippen LogP) is 11.9. The second-order valence-electron chi connectivity index (χ2n) is 14.0. The molecule has 3 unspecified atom stereocenters. The zero-order valence-electron chi connectivity index (χ0n) is 28.6. The monoisotopic (exact) mass is 584 g/mol. The Bertz CT molecular complexity index is 1010. The third-order valence-electron chi connectivity index (χ3n) is 8.15. The minimum absolute atomic E-state index is 0.454. The first-order valence-electron chi connectivity index (χ1n) is 16.9. The molecule has 3 rings (SSSR count). The van der Waals surface area contributed by atoms with Crippen LogP contribution in [0.3, 0.4) is 0 Å². The minimum Gasteiger partial charge on any atom is -0.383 e. The standard InChI is InChI=1S/C39H60N4/c1-28(2)10-13-31(7)40-34-16-22-37(23-17-34)43(38-24-18-35(19-25-38)41-32(8)14-11-29(3)4)39-26-20-36(21-27-39)42-33(9)15-12-30(5)6/h16-33,40-42H,10-15H2,1-9H3. The smallest absolute Gasteiger partial charge is 0.0463 e. The first kappa shape index (κ1) is 34.4. The number of nitrogens with one attached hydrogen (secondary N) is 3. The second-order valence-corrected chi connectivity index (χ2v) is 14.0. The molecule has 236 valence electrons. The van der Waals surface area contributed by atoms with Crippen molar-refractivity contribution in [2.75, 3.05) is 20.9 Å². The van der Waals surface area contributed by atoms with E-state index in [4.69, 9.17) is 0 Å². The van der Waals surface area contributed by atoms with Gasteiger partial charge in [-0.3, -0.25) is 0 Å². The summed E-state index contributed by atoms with van der Waals surface area (Å²) in [7, 11) is 0. The zero-order valence-corrected chi connectivity index (χ0v) is 28.6. The molecule has 0 saturated carbocycles. The van der Waals surface area contributed by atoms with Gasteiger partial charge in [0.05, 0.1) is 0 Å². The van der Waals surface area contributed by atoms with Gasteiger partial charge in [0.15, 0.2) is 0 Å². The van der Waals surface area contributed by atoms with Gasteiger partial charge in [-0.15, -0.1) is 0 Å². The molecule has 0 aromatic heterocycles. The van der Waals surface area contributed by atoms with Gasteiger partial charge in [-0.2, -0.15) is 0 Å². The van der Waals surface area contributed by atoms with E-state index in [1.54, 1.807) is 0 Å². The molecular formula is C39H60N4. The SMILES string of the molecule is CC(C)CCC(C)Nc1ccc(N(c2ccc(NC(C)CCC(C)C)cc2)c2ccc(NC(C)CCC(C)C)cc2)cc1. The molecule has 0 aliphatic carbocycles. The van der Waals surface area contributed by atoms with Crippen LogP contribution in [0.4, 0.5) is 34.1 Å². The van der Waals surface area contributed by atoms with Crippen molar-refractivity contribution >= 4 is 34.1 Å². The molecule has 0 saturated heterocycles. The van der Waals surface area contributed by atoms with Crippen LogP contribution < -0.4 is 20.9 Å². The van der Waals surface area contributed by atoms with Gasteiger partial charge >= 0.3 is 0 Å². The van der Waals surface area contributed by atoms with Gasteiger partial charge in [-0.25, -0.2) is 0 Å². The molecule has 3 atom stereocenters. The van der Waals surface area contributed by atoms with E-state index in [-0.39, 0.29) is 0 Å². The van der Waals surface area contributed by atoms with Gasteiger partial charge in [-0.1, -0.05) is 41.5 Å². The van der Waals surface area contributed by atoms with Crippen LogP contribution in [0.15, 0.2) is 72.8 Å². The number of anilines is 6. The zero-order chi connectivity index (χ0) is 31.4. The number of benzene rings is 3. The van der Waals surface area contributed by atoms with Crippen molar-refractivity contribution in [1.82, 2.24) is 0 Å². The Labute approximate surface area is 264 Å². The van der Waals surface area contributed by atoms with E-state index in [2.05, 4.69) is 156 Å². The van der Waals surface area contributed by atoms with E-state index >= 15 is 0 Å². The summed E-state index contributed by atoms with van der Waals surface area (Å²) in [5.41, 5.74) is 6.96. The van der Waals surface area contributed by atoms with Crippen molar-refractivity contribution in [2.45, 2.75) is 119 Å². The maximum atomic E-state index is 3.69. The van der Waals surface area contributed by atoms with E-state index < -0.39 is 0 Å². The van der Waals surface area contributed by atoms with Crippen molar-refractivity contribution in [2.24, 2.45) is 17.8 Å². The number of hydrogen-bond acceptors (Lipinski definition) is 4. The average Bonchev–Trinajstić information content (AvgIpc) is 2.97. The summed E-state index contributed by atoms with van der Waals surface area (Å²) in [6, 6.07) is 28.1. The van der Waals surface area contributed by atoms with Crippen LogP contribution in [0.2, 0.25) is 0 Å². The van der Waals surface area contributed by atoms with E-state index in [0.717, 1.165) is 34.8 Å². The van der Waals surface area contributed by atoms with Gasteiger partial charge in [0, 0.05) is 52.2 Å². The summed E-state index contributed by atoms with van der Waals surface area (Å²) >= 11 is 0. The Morgan fingerprint density at radius 3 is 0.814 bits per heavy atom. The summed E-state index contributed by atoms with van der Waals surface area (Å²) in [6.07, 6.45) is 7.25. The predicted molar refractivity (Wildman–Crippen MR) is 193 cm³/mol. The molecule has 43 heavy (non-hydrogen) atoms. The molecule has 0 fully saturated rings. The summed E-state index contributed by atoms with van der Waals surface area (Å²) in [5, 5.41) is 11.1. The highest BCUT2D eigenvalue weighted by molar-refractivity contribution is 5.78. The Kier molecular flexibility index (Phi) is 13.8. The highest BCUT2D eigenvalue weighted by atomic mass is 15.1. The van der Waals surface area contributed by atoms with Gasteiger partial charge in [0.2, 0.25) is 0 Å². The molecule has 4 nitrogen and oxygen atoms in total. The van der Waals surface area contributed by atoms with Crippen molar-refractivity contribution in [3.63, 3.8) is 0 Å². The Morgan fingerprint density at radius 2 is 0.605 bits per heavy atom. The molecule has 3 aromatic carbocycles. The lowest BCUT2D eigenvalue weighted by atomic mass is 10.0. The lowest BCUT2D eigenvalue weighted by Crippen LogP contribution is -2.17. The Hall–Kier alpha value is -3.14. The number of rotatable bonds is 18. The largest absolute Gasteiger partial charge is 0.383 e. The molecular weight excluding hydrogens is 524 g/mol. The maximum Gasteiger partial charge on any atom is 0.0463 e. The Balaban J connectivity index is 1.81. The fourth-order valence-corrected chi connectivity index (χ4v) is 5.39. The van der Waals surface area contributed by atoms with E-state index in [1.807, 2.05) is 0 Å². The fraction of sp³-hybridized carbons (Fsp3) is 0.538. The Morgan fingerprint density at radius 1 is 0.372 bits per heavy atom. The first-order valence-corrected chi connectivity index (χ1v) is 16.9. The molecule has 0 aliphatic rings. The maximum absolute atomic E-state index is 3.69. The van der Waals surface area contributed by atoms with Gasteiger partial charge in [-0.05, 0) is 150 Å². The number of hydrogen-bond donors (Lipinski definition) is 3. The molecule has 0 bridgehead atoms. The van der Waals surface area contributed by atoms with Crippen LogP contribution in [-0.2, 0) is 0 Å². The average molecular weight is 585 g/mol. The molecule has 4 heteroatoms. The molecule has 3 aromatic rings. The highest BCUT2D eigenvalue weighted by Gasteiger charge is 2.14. The topological polar surface area (TPSA) is 39.3 Å². The summed E-state index contributed by atoms with van der Waals surface area (Å²) in [5.74, 6) is 2.19. The van der Waals surface area contributed by atoms with Crippen molar-refractivity contribution in [1.29, 1.82) is 0 Å². The molecule has 0 heterocycles. The van der Waals surface area contributed by atoms with Crippen LogP contribution in [0.5, 0.6) is 0 Å². The lowest BCUT2D eigenvalue weighted by Gasteiger charge is -2.27. The highest BCUT2D eigenvalue weighted by Crippen LogP contribution is 2.36. The van der Waals surface area contributed by atoms with Crippen molar-refractivity contribution in [3.8, 4) is 0 Å². The van der Waals surface area contributed by atoms with Gasteiger partial charge in [0.1, 0.15) is 0 Å². The van der Waals surface area contributed by atoms with E-state index in [1.165, 1.54) is 55.6 Å². The fourth-order valence-electron chi connectivity index (χ4n) is 5.39. The number of nitrogens with zero attached hydrogens (tertiary/aromatic N) is 1. The third-order valence-corrected chi connectivity index (χ3v) is 8.15. The summed E-state index contributed by atoms with van der Waals surface area (Å²) in [6.45, 7) is 20.6. The van der Waals surface area contributed by atoms with Gasteiger partial charge < -0.3 is 20.9 Å². The molecule has 0 spiro atoms. The van der Waals surface area contributed by atoms with E-state index in [0.29, 0.717) is 18.1 Å². The van der Waals surface area contributed by atoms with E-state index in [9.17, 15) is 0 Å². The first-order chi connectivity index (χ1) is 20.5. The lowest BCUT2D eigenvalue weighted by molar-refractivity contribution is 0.528. The van der Waals surface area contributed by atoms with Gasteiger partial charge in [0.25, 0.3) is 0 Å². The van der Waals surface area contributed by atoms with Crippen molar-refractivity contribution < 1.29 is 0 Å². The minimum atomic E-state index is 0.454. The van der Waals surface area contributed by atoms with Crippen LogP contribution >= 0.6 is 0 Å². The van der Waals surface area contributed by atoms with Crippen molar-refractivity contribution in [3.05, 3.63) is 72.8 Å².